The standard InChI is InChI=1S/C23H19N3O6/c1-30-19-9-7-14(12-20(19)31-2)16-8-10-22(28)26(25-16)13-21(27)24-17-11-15-5-3-4-6-18(15)32-23(17)29/h3-12H,13H2,1-2H3,(H,24,27). The molecule has 9 nitrogen and oxygen atoms in total. The van der Waals surface area contributed by atoms with Crippen LogP contribution in [-0.2, 0) is 11.3 Å². The third-order valence-electron chi connectivity index (χ3n) is 4.75. The molecular formula is C23H19N3O6. The number of rotatable bonds is 6. The normalized spacial score (nSPS) is 10.7. The van der Waals surface area contributed by atoms with Crippen molar-refractivity contribution in [2.75, 3.05) is 19.5 Å². The largest absolute Gasteiger partial charge is 0.493 e. The summed E-state index contributed by atoms with van der Waals surface area (Å²) < 4.78 is 16.8. The lowest BCUT2D eigenvalue weighted by Gasteiger charge is -2.11. The number of fused-ring (bicyclic) bond motifs is 1. The van der Waals surface area contributed by atoms with Crippen LogP contribution < -0.4 is 26.0 Å². The van der Waals surface area contributed by atoms with Crippen LogP contribution in [0.3, 0.4) is 0 Å². The van der Waals surface area contributed by atoms with Gasteiger partial charge in [-0.3, -0.25) is 9.59 Å². The predicted molar refractivity (Wildman–Crippen MR) is 118 cm³/mol. The first-order valence-electron chi connectivity index (χ1n) is 9.62. The highest BCUT2D eigenvalue weighted by Gasteiger charge is 2.13. The van der Waals surface area contributed by atoms with Gasteiger partial charge in [0.1, 0.15) is 17.8 Å². The van der Waals surface area contributed by atoms with Crippen molar-refractivity contribution in [3.63, 3.8) is 0 Å². The average Bonchev–Trinajstić information content (AvgIpc) is 2.80. The van der Waals surface area contributed by atoms with Gasteiger partial charge in [-0.05, 0) is 36.4 Å². The van der Waals surface area contributed by atoms with Crippen LogP contribution in [0.25, 0.3) is 22.2 Å². The van der Waals surface area contributed by atoms with Gasteiger partial charge in [-0.25, -0.2) is 9.48 Å². The molecule has 162 valence electrons. The molecule has 0 saturated heterocycles. The Bertz CT molecular complexity index is 1420. The molecule has 2 heterocycles. The van der Waals surface area contributed by atoms with Crippen LogP contribution in [0, 0.1) is 0 Å². The van der Waals surface area contributed by atoms with Gasteiger partial charge in [-0.1, -0.05) is 18.2 Å². The molecule has 0 bridgehead atoms. The van der Waals surface area contributed by atoms with Gasteiger partial charge >= 0.3 is 5.63 Å². The number of hydrogen-bond acceptors (Lipinski definition) is 7. The minimum Gasteiger partial charge on any atom is -0.493 e. The molecule has 0 saturated carbocycles. The third kappa shape index (κ3) is 4.22. The zero-order valence-corrected chi connectivity index (χ0v) is 17.3. The first-order chi connectivity index (χ1) is 15.5. The molecule has 9 heteroatoms. The van der Waals surface area contributed by atoms with E-state index < -0.39 is 17.1 Å². The molecule has 0 aliphatic heterocycles. The maximum atomic E-state index is 12.5. The number of para-hydroxylation sites is 1. The molecule has 0 radical (unpaired) electrons. The number of amides is 1. The minimum atomic E-state index is -0.684. The fraction of sp³-hybridized carbons (Fsp3) is 0.130. The van der Waals surface area contributed by atoms with Crippen molar-refractivity contribution < 1.29 is 18.7 Å². The van der Waals surface area contributed by atoms with Crippen molar-refractivity contribution in [2.24, 2.45) is 0 Å². The Hall–Kier alpha value is -4.40. The monoisotopic (exact) mass is 433 g/mol. The van der Waals surface area contributed by atoms with E-state index in [0.717, 1.165) is 4.68 Å². The number of hydrogen-bond donors (Lipinski definition) is 1. The summed E-state index contributed by atoms with van der Waals surface area (Å²) in [7, 11) is 3.05. The molecule has 0 fully saturated rings. The molecule has 2 aromatic carbocycles. The van der Waals surface area contributed by atoms with E-state index in [-0.39, 0.29) is 12.2 Å². The van der Waals surface area contributed by atoms with Gasteiger partial charge in [0, 0.05) is 17.0 Å². The van der Waals surface area contributed by atoms with E-state index >= 15 is 0 Å². The Balaban J connectivity index is 1.59. The predicted octanol–water partition coefficient (Wildman–Crippen LogP) is 2.67. The summed E-state index contributed by atoms with van der Waals surface area (Å²) in [5, 5.41) is 7.42. The highest BCUT2D eigenvalue weighted by atomic mass is 16.5. The molecule has 0 unspecified atom stereocenters. The van der Waals surface area contributed by atoms with Gasteiger partial charge in [-0.15, -0.1) is 0 Å². The Morgan fingerprint density at radius 3 is 2.56 bits per heavy atom. The van der Waals surface area contributed by atoms with Gasteiger partial charge in [0.15, 0.2) is 11.5 Å². The van der Waals surface area contributed by atoms with Gasteiger partial charge in [0.2, 0.25) is 5.91 Å². The van der Waals surface area contributed by atoms with Gasteiger partial charge in [0.25, 0.3) is 5.56 Å². The number of benzene rings is 2. The van der Waals surface area contributed by atoms with Crippen molar-refractivity contribution in [3.05, 3.63) is 81.4 Å². The van der Waals surface area contributed by atoms with E-state index in [9.17, 15) is 14.4 Å². The van der Waals surface area contributed by atoms with Crippen molar-refractivity contribution in [2.45, 2.75) is 6.54 Å². The minimum absolute atomic E-state index is 0.0159. The summed E-state index contributed by atoms with van der Waals surface area (Å²) in [6, 6.07) is 16.5. The van der Waals surface area contributed by atoms with E-state index in [1.165, 1.54) is 26.4 Å². The number of carbonyl (C=O) groups excluding carboxylic acids is 1. The molecular weight excluding hydrogens is 414 g/mol. The Morgan fingerprint density at radius 1 is 1.00 bits per heavy atom. The number of ether oxygens (including phenoxy) is 2. The molecule has 0 atom stereocenters. The summed E-state index contributed by atoms with van der Waals surface area (Å²) in [4.78, 5) is 36.9. The first-order valence-corrected chi connectivity index (χ1v) is 9.62. The summed E-state index contributed by atoms with van der Waals surface area (Å²) in [5.74, 6) is 0.468. The fourth-order valence-electron chi connectivity index (χ4n) is 3.19. The van der Waals surface area contributed by atoms with Crippen LogP contribution in [0.1, 0.15) is 0 Å². The Labute approximate surface area is 181 Å². The van der Waals surface area contributed by atoms with Crippen LogP contribution >= 0.6 is 0 Å². The Morgan fingerprint density at radius 2 is 1.78 bits per heavy atom. The lowest BCUT2D eigenvalue weighted by atomic mass is 10.1. The van der Waals surface area contributed by atoms with Crippen molar-refractivity contribution in [1.29, 1.82) is 0 Å². The van der Waals surface area contributed by atoms with Gasteiger partial charge in [0.05, 0.1) is 19.9 Å². The number of nitrogens with one attached hydrogen (secondary N) is 1. The third-order valence-corrected chi connectivity index (χ3v) is 4.75. The molecule has 4 rings (SSSR count). The number of anilines is 1. The van der Waals surface area contributed by atoms with E-state index in [2.05, 4.69) is 10.4 Å². The van der Waals surface area contributed by atoms with Crippen LogP contribution in [0.4, 0.5) is 5.69 Å². The van der Waals surface area contributed by atoms with Crippen molar-refractivity contribution in [1.82, 2.24) is 9.78 Å². The van der Waals surface area contributed by atoms with E-state index in [0.29, 0.717) is 33.7 Å². The lowest BCUT2D eigenvalue weighted by molar-refractivity contribution is -0.117. The second kappa shape index (κ2) is 8.76. The van der Waals surface area contributed by atoms with Crippen molar-refractivity contribution >= 4 is 22.6 Å². The van der Waals surface area contributed by atoms with Crippen LogP contribution in [0.15, 0.2) is 74.7 Å². The SMILES string of the molecule is COc1ccc(-c2ccc(=O)n(CC(=O)Nc3cc4ccccc4oc3=O)n2)cc1OC. The smallest absolute Gasteiger partial charge is 0.360 e. The second-order valence-corrected chi connectivity index (χ2v) is 6.82. The zero-order chi connectivity index (χ0) is 22.7. The van der Waals surface area contributed by atoms with E-state index in [4.69, 9.17) is 13.9 Å². The van der Waals surface area contributed by atoms with E-state index in [1.54, 1.807) is 48.5 Å². The number of nitrogens with zero attached hydrogens (tertiary/aromatic N) is 2. The summed E-state index contributed by atoms with van der Waals surface area (Å²) in [6.07, 6.45) is 0. The average molecular weight is 433 g/mol. The summed E-state index contributed by atoms with van der Waals surface area (Å²) >= 11 is 0. The molecule has 32 heavy (non-hydrogen) atoms. The number of aromatic nitrogens is 2. The summed E-state index contributed by atoms with van der Waals surface area (Å²) in [5.41, 5.74) is 0.385. The topological polar surface area (TPSA) is 113 Å². The molecule has 0 spiro atoms. The molecule has 0 aliphatic rings. The number of carbonyl (C=O) groups is 1. The fourth-order valence-corrected chi connectivity index (χ4v) is 3.19. The second-order valence-electron chi connectivity index (χ2n) is 6.82. The van der Waals surface area contributed by atoms with E-state index in [1.807, 2.05) is 0 Å². The van der Waals surface area contributed by atoms with Gasteiger partial charge < -0.3 is 19.2 Å². The van der Waals surface area contributed by atoms with Gasteiger partial charge in [-0.2, -0.15) is 5.10 Å². The highest BCUT2D eigenvalue weighted by Crippen LogP contribution is 2.31. The molecule has 1 amide bonds. The first kappa shape index (κ1) is 20.9. The maximum absolute atomic E-state index is 12.5. The zero-order valence-electron chi connectivity index (χ0n) is 17.3. The van der Waals surface area contributed by atoms with Crippen LogP contribution in [-0.4, -0.2) is 29.9 Å². The van der Waals surface area contributed by atoms with Crippen LogP contribution in [0.5, 0.6) is 11.5 Å². The maximum Gasteiger partial charge on any atom is 0.360 e. The molecule has 0 aliphatic carbocycles. The summed E-state index contributed by atoms with van der Waals surface area (Å²) in [6.45, 7) is -0.383. The molecule has 4 aromatic rings. The Kier molecular flexibility index (Phi) is 5.71. The number of methoxy groups -OCH3 is 2. The quantitative estimate of drug-likeness (QED) is 0.465. The van der Waals surface area contributed by atoms with Crippen molar-refractivity contribution in [3.8, 4) is 22.8 Å². The molecule has 2 aromatic heterocycles. The van der Waals surface area contributed by atoms with Crippen LogP contribution in [0.2, 0.25) is 0 Å². The highest BCUT2D eigenvalue weighted by molar-refractivity contribution is 5.92. The lowest BCUT2D eigenvalue weighted by Crippen LogP contribution is -2.30. The molecule has 1 N–H and O–H groups in total.